The van der Waals surface area contributed by atoms with Gasteiger partial charge in [-0.05, 0) is 32.9 Å². The lowest BCUT2D eigenvalue weighted by atomic mass is 10.2. The van der Waals surface area contributed by atoms with Crippen molar-refractivity contribution in [2.24, 2.45) is 0 Å². The lowest BCUT2D eigenvalue weighted by Gasteiger charge is -2.19. The fraction of sp³-hybridized carbons (Fsp3) is 0.400. The van der Waals surface area contributed by atoms with Crippen molar-refractivity contribution in [3.05, 3.63) is 36.1 Å². The molecular formula is C15H19NO3. The van der Waals surface area contributed by atoms with Crippen LogP contribution in [0.15, 0.2) is 34.7 Å². The first-order chi connectivity index (χ1) is 8.94. The molecule has 102 valence electrons. The molecule has 0 spiro atoms. The Labute approximate surface area is 112 Å². The van der Waals surface area contributed by atoms with E-state index in [4.69, 9.17) is 9.15 Å². The first kappa shape index (κ1) is 13.6. The molecule has 19 heavy (non-hydrogen) atoms. The predicted octanol–water partition coefficient (Wildman–Crippen LogP) is 2.86. The molecule has 0 fully saturated rings. The van der Waals surface area contributed by atoms with Crippen molar-refractivity contribution < 1.29 is 13.9 Å². The van der Waals surface area contributed by atoms with E-state index in [1.807, 2.05) is 51.1 Å². The zero-order valence-corrected chi connectivity index (χ0v) is 11.5. The minimum atomic E-state index is -0.446. The summed E-state index contributed by atoms with van der Waals surface area (Å²) in [6.07, 6.45) is 0. The summed E-state index contributed by atoms with van der Waals surface area (Å²) in [5, 5.41) is 4.08. The Morgan fingerprint density at radius 3 is 2.74 bits per heavy atom. The van der Waals surface area contributed by atoms with Gasteiger partial charge in [-0.3, -0.25) is 10.1 Å². The van der Waals surface area contributed by atoms with Gasteiger partial charge in [-0.25, -0.2) is 0 Å². The number of rotatable bonds is 4. The second-order valence-electron chi connectivity index (χ2n) is 5.44. The lowest BCUT2D eigenvalue weighted by molar-refractivity contribution is -0.153. The monoisotopic (exact) mass is 261 g/mol. The number of benzene rings is 1. The maximum atomic E-state index is 11.5. The van der Waals surface area contributed by atoms with Gasteiger partial charge in [-0.2, -0.15) is 0 Å². The van der Waals surface area contributed by atoms with Crippen LogP contribution in [0.4, 0.5) is 0 Å². The Morgan fingerprint density at radius 2 is 2.05 bits per heavy atom. The smallest absolute Gasteiger partial charge is 0.320 e. The van der Waals surface area contributed by atoms with E-state index in [1.54, 1.807) is 0 Å². The molecule has 4 nitrogen and oxygen atoms in total. The van der Waals surface area contributed by atoms with Gasteiger partial charge >= 0.3 is 5.97 Å². The van der Waals surface area contributed by atoms with Crippen molar-refractivity contribution in [1.82, 2.24) is 5.32 Å². The largest absolute Gasteiger partial charge is 0.460 e. The van der Waals surface area contributed by atoms with Crippen LogP contribution in [-0.2, 0) is 16.1 Å². The van der Waals surface area contributed by atoms with Crippen LogP contribution in [0.1, 0.15) is 26.5 Å². The maximum Gasteiger partial charge on any atom is 0.320 e. The highest BCUT2D eigenvalue weighted by atomic mass is 16.6. The van der Waals surface area contributed by atoms with E-state index in [0.717, 1.165) is 16.7 Å². The van der Waals surface area contributed by atoms with Crippen LogP contribution in [0.3, 0.4) is 0 Å². The molecule has 0 aliphatic heterocycles. The highest BCUT2D eigenvalue weighted by Crippen LogP contribution is 2.18. The summed E-state index contributed by atoms with van der Waals surface area (Å²) in [7, 11) is 0. The molecule has 0 aliphatic rings. The number of furan rings is 1. The quantitative estimate of drug-likeness (QED) is 0.860. The topological polar surface area (TPSA) is 51.5 Å². The van der Waals surface area contributed by atoms with Crippen LogP contribution < -0.4 is 5.32 Å². The summed E-state index contributed by atoms with van der Waals surface area (Å²) in [6.45, 7) is 6.24. The molecule has 1 aromatic heterocycles. The third-order valence-corrected chi connectivity index (χ3v) is 2.47. The zero-order valence-electron chi connectivity index (χ0n) is 11.5. The van der Waals surface area contributed by atoms with Crippen LogP contribution in [0.25, 0.3) is 11.0 Å². The first-order valence-corrected chi connectivity index (χ1v) is 6.34. The molecule has 2 rings (SSSR count). The third kappa shape index (κ3) is 4.10. The number of fused-ring (bicyclic) bond motifs is 1. The number of carbonyl (C=O) groups excluding carboxylic acids is 1. The molecular weight excluding hydrogens is 242 g/mol. The summed E-state index contributed by atoms with van der Waals surface area (Å²) in [5.41, 5.74) is 0.412. The van der Waals surface area contributed by atoms with Gasteiger partial charge in [0.15, 0.2) is 0 Å². The number of para-hydroxylation sites is 1. The highest BCUT2D eigenvalue weighted by molar-refractivity contribution is 5.77. The van der Waals surface area contributed by atoms with Crippen molar-refractivity contribution in [3.8, 4) is 0 Å². The summed E-state index contributed by atoms with van der Waals surface area (Å²) in [6, 6.07) is 9.79. The van der Waals surface area contributed by atoms with Gasteiger partial charge in [0.25, 0.3) is 0 Å². The van der Waals surface area contributed by atoms with Gasteiger partial charge in [0, 0.05) is 5.39 Å². The highest BCUT2D eigenvalue weighted by Gasteiger charge is 2.15. The second kappa shape index (κ2) is 5.45. The average molecular weight is 261 g/mol. The standard InChI is InChI=1S/C15H19NO3/c1-15(2,3)19-14(17)10-16-9-12-8-11-6-4-5-7-13(11)18-12/h4-8,16H,9-10H2,1-3H3. The van der Waals surface area contributed by atoms with Gasteiger partial charge in [0.1, 0.15) is 16.9 Å². The normalized spacial score (nSPS) is 11.7. The van der Waals surface area contributed by atoms with Gasteiger partial charge in [0.2, 0.25) is 0 Å². The van der Waals surface area contributed by atoms with E-state index in [0.29, 0.717) is 6.54 Å². The maximum absolute atomic E-state index is 11.5. The molecule has 0 saturated carbocycles. The van der Waals surface area contributed by atoms with E-state index < -0.39 is 5.60 Å². The molecule has 4 heteroatoms. The van der Waals surface area contributed by atoms with Gasteiger partial charge < -0.3 is 9.15 Å². The van der Waals surface area contributed by atoms with Gasteiger partial charge in [0.05, 0.1) is 13.1 Å². The minimum absolute atomic E-state index is 0.175. The molecule has 0 bridgehead atoms. The molecule has 0 saturated heterocycles. The van der Waals surface area contributed by atoms with Crippen LogP contribution in [0.5, 0.6) is 0 Å². The number of hydrogen-bond acceptors (Lipinski definition) is 4. The average Bonchev–Trinajstić information content (AvgIpc) is 2.68. The van der Waals surface area contributed by atoms with E-state index in [-0.39, 0.29) is 12.5 Å². The first-order valence-electron chi connectivity index (χ1n) is 6.34. The Hall–Kier alpha value is -1.81. The lowest BCUT2D eigenvalue weighted by Crippen LogP contribution is -2.31. The van der Waals surface area contributed by atoms with Gasteiger partial charge in [-0.15, -0.1) is 0 Å². The number of carbonyl (C=O) groups is 1. The van der Waals surface area contributed by atoms with Gasteiger partial charge in [-0.1, -0.05) is 18.2 Å². The van der Waals surface area contributed by atoms with Crippen LogP contribution >= 0.6 is 0 Å². The Kier molecular flexibility index (Phi) is 3.90. The molecule has 0 aliphatic carbocycles. The van der Waals surface area contributed by atoms with E-state index in [2.05, 4.69) is 5.32 Å². The van der Waals surface area contributed by atoms with Crippen LogP contribution in [0.2, 0.25) is 0 Å². The number of esters is 1. The number of ether oxygens (including phenoxy) is 1. The molecule has 0 unspecified atom stereocenters. The van der Waals surface area contributed by atoms with E-state index >= 15 is 0 Å². The zero-order chi connectivity index (χ0) is 13.9. The summed E-state index contributed by atoms with van der Waals surface area (Å²) < 4.78 is 10.8. The van der Waals surface area contributed by atoms with Crippen molar-refractivity contribution in [1.29, 1.82) is 0 Å². The minimum Gasteiger partial charge on any atom is -0.460 e. The summed E-state index contributed by atoms with van der Waals surface area (Å²) >= 11 is 0. The molecule has 1 heterocycles. The van der Waals surface area contributed by atoms with Crippen LogP contribution in [-0.4, -0.2) is 18.1 Å². The molecule has 2 aromatic rings. The number of nitrogens with one attached hydrogen (secondary N) is 1. The Balaban J connectivity index is 1.84. The van der Waals surface area contributed by atoms with Crippen molar-refractivity contribution in [2.75, 3.05) is 6.54 Å². The van der Waals surface area contributed by atoms with Crippen molar-refractivity contribution in [3.63, 3.8) is 0 Å². The van der Waals surface area contributed by atoms with E-state index in [1.165, 1.54) is 0 Å². The SMILES string of the molecule is CC(C)(C)OC(=O)CNCc1cc2ccccc2o1. The third-order valence-electron chi connectivity index (χ3n) is 2.47. The second-order valence-corrected chi connectivity index (χ2v) is 5.44. The fourth-order valence-corrected chi connectivity index (χ4v) is 1.79. The fourth-order valence-electron chi connectivity index (χ4n) is 1.79. The molecule has 0 radical (unpaired) electrons. The van der Waals surface area contributed by atoms with Crippen molar-refractivity contribution >= 4 is 16.9 Å². The Morgan fingerprint density at radius 1 is 1.32 bits per heavy atom. The Bertz CT molecular complexity index is 533. The van der Waals surface area contributed by atoms with Crippen LogP contribution in [0, 0.1) is 0 Å². The molecule has 0 amide bonds. The number of hydrogen-bond donors (Lipinski definition) is 1. The summed E-state index contributed by atoms with van der Waals surface area (Å²) in [4.78, 5) is 11.5. The van der Waals surface area contributed by atoms with Crippen molar-refractivity contribution in [2.45, 2.75) is 32.9 Å². The molecule has 0 atom stereocenters. The van der Waals surface area contributed by atoms with E-state index in [9.17, 15) is 4.79 Å². The molecule has 1 aromatic carbocycles. The predicted molar refractivity (Wildman–Crippen MR) is 73.8 cm³/mol. The molecule has 1 N–H and O–H groups in total. The summed E-state index contributed by atoms with van der Waals surface area (Å²) in [5.74, 6) is 0.549.